The highest BCUT2D eigenvalue weighted by Gasteiger charge is 2.31. The molecule has 1 amide bonds. The monoisotopic (exact) mass is 511 g/mol. The smallest absolute Gasteiger partial charge is 0.416 e. The Morgan fingerprint density at radius 3 is 2.56 bits per heavy atom. The highest BCUT2D eigenvalue weighted by Crippen LogP contribution is 2.35. The summed E-state index contributed by atoms with van der Waals surface area (Å²) in [6.45, 7) is 1.31. The number of halogens is 5. The van der Waals surface area contributed by atoms with Gasteiger partial charge in [0.2, 0.25) is 16.9 Å². The molecule has 0 aliphatic heterocycles. The number of carbonyl (C=O) groups is 1. The van der Waals surface area contributed by atoms with Crippen LogP contribution in [-0.2, 0) is 11.0 Å². The summed E-state index contributed by atoms with van der Waals surface area (Å²) in [5.74, 6) is -1.08. The number of alkyl halides is 3. The van der Waals surface area contributed by atoms with Gasteiger partial charge >= 0.3 is 6.18 Å². The van der Waals surface area contributed by atoms with Crippen LogP contribution in [-0.4, -0.2) is 12.0 Å². The quantitative estimate of drug-likeness (QED) is 0.319. The fourth-order valence-corrected chi connectivity index (χ4v) is 3.43. The van der Waals surface area contributed by atoms with Crippen LogP contribution in [0.25, 0.3) is 22.5 Å². The average molecular weight is 512 g/mol. The van der Waals surface area contributed by atoms with Crippen LogP contribution < -0.4 is 15.5 Å². The number of hydrogen-bond acceptors (Lipinski definition) is 5. The van der Waals surface area contributed by atoms with Gasteiger partial charge in [0, 0.05) is 5.02 Å². The molecule has 176 valence electrons. The Labute approximate surface area is 199 Å². The molecule has 1 unspecified atom stereocenters. The van der Waals surface area contributed by atoms with Crippen molar-refractivity contribution in [3.8, 4) is 17.3 Å². The van der Waals surface area contributed by atoms with Crippen molar-refractivity contribution in [3.05, 3.63) is 80.6 Å². The molecule has 0 saturated heterocycles. The lowest BCUT2D eigenvalue weighted by Gasteiger charge is -2.17. The Bertz CT molecular complexity index is 1430. The Morgan fingerprint density at radius 1 is 1.12 bits per heavy atom. The minimum atomic E-state index is -4.63. The summed E-state index contributed by atoms with van der Waals surface area (Å²) in [5, 5.41) is 2.57. The van der Waals surface area contributed by atoms with E-state index in [1.165, 1.54) is 37.5 Å². The van der Waals surface area contributed by atoms with Gasteiger partial charge in [0.15, 0.2) is 11.9 Å². The van der Waals surface area contributed by atoms with E-state index in [9.17, 15) is 22.8 Å². The number of fused-ring (bicyclic) bond motifs is 1. The molecule has 1 N–H and O–H groups in total. The summed E-state index contributed by atoms with van der Waals surface area (Å²) in [4.78, 5) is 25.9. The van der Waals surface area contributed by atoms with Gasteiger partial charge in [0.05, 0.1) is 27.9 Å². The molecule has 34 heavy (non-hydrogen) atoms. The number of nitrogens with one attached hydrogen (secondary N) is 1. The van der Waals surface area contributed by atoms with E-state index in [4.69, 9.17) is 36.8 Å². The first kappa shape index (κ1) is 23.7. The maximum absolute atomic E-state index is 13.2. The van der Waals surface area contributed by atoms with Crippen molar-refractivity contribution in [2.24, 2.45) is 0 Å². The number of anilines is 1. The summed E-state index contributed by atoms with van der Waals surface area (Å²) in [6, 6.07) is 10.0. The third-order valence-corrected chi connectivity index (χ3v) is 5.34. The Kier molecular flexibility index (Phi) is 6.33. The molecule has 1 atom stereocenters. The Hall–Kier alpha value is -3.43. The second-order valence-electron chi connectivity index (χ2n) is 7.15. The molecule has 4 aromatic rings. The van der Waals surface area contributed by atoms with Crippen molar-refractivity contribution in [2.45, 2.75) is 19.2 Å². The molecule has 4 rings (SSSR count). The summed E-state index contributed by atoms with van der Waals surface area (Å²) in [7, 11) is 0. The molecule has 2 aromatic heterocycles. The third kappa shape index (κ3) is 4.76. The van der Waals surface area contributed by atoms with Crippen LogP contribution in [0.3, 0.4) is 0 Å². The van der Waals surface area contributed by atoms with Gasteiger partial charge in [-0.1, -0.05) is 23.2 Å². The highest BCUT2D eigenvalue weighted by molar-refractivity contribution is 6.33. The lowest BCUT2D eigenvalue weighted by atomic mass is 10.2. The molecule has 0 bridgehead atoms. The van der Waals surface area contributed by atoms with Gasteiger partial charge in [-0.3, -0.25) is 9.59 Å². The van der Waals surface area contributed by atoms with Gasteiger partial charge in [-0.05, 0) is 55.5 Å². The van der Waals surface area contributed by atoms with Crippen molar-refractivity contribution in [1.29, 1.82) is 0 Å². The van der Waals surface area contributed by atoms with Crippen LogP contribution in [0, 0.1) is 0 Å². The van der Waals surface area contributed by atoms with E-state index < -0.39 is 29.2 Å². The summed E-state index contributed by atoms with van der Waals surface area (Å²) >= 11 is 11.9. The van der Waals surface area contributed by atoms with Crippen molar-refractivity contribution in [1.82, 2.24) is 0 Å². The largest absolute Gasteiger partial charge is 0.473 e. The molecule has 0 aliphatic rings. The molecule has 6 nitrogen and oxygen atoms in total. The van der Waals surface area contributed by atoms with E-state index in [2.05, 4.69) is 5.32 Å². The first-order chi connectivity index (χ1) is 16.0. The normalized spacial score (nSPS) is 12.5. The lowest BCUT2D eigenvalue weighted by Crippen LogP contribution is -2.32. The minimum absolute atomic E-state index is 0.0680. The van der Waals surface area contributed by atoms with Gasteiger partial charge in [0.25, 0.3) is 5.91 Å². The molecular weight excluding hydrogens is 498 g/mol. The van der Waals surface area contributed by atoms with E-state index in [0.717, 1.165) is 12.1 Å². The second-order valence-corrected chi connectivity index (χ2v) is 7.99. The van der Waals surface area contributed by atoms with Gasteiger partial charge < -0.3 is 18.9 Å². The van der Waals surface area contributed by atoms with Crippen molar-refractivity contribution in [2.75, 3.05) is 5.32 Å². The number of amides is 1. The topological polar surface area (TPSA) is 81.7 Å². The molecule has 2 aromatic carbocycles. The van der Waals surface area contributed by atoms with Crippen molar-refractivity contribution in [3.63, 3.8) is 0 Å². The van der Waals surface area contributed by atoms with Crippen LogP contribution in [0.5, 0.6) is 5.75 Å². The number of hydrogen-bond donors (Lipinski definition) is 1. The van der Waals surface area contributed by atoms with Crippen molar-refractivity contribution >= 4 is 45.8 Å². The van der Waals surface area contributed by atoms with Gasteiger partial charge in [-0.15, -0.1) is 0 Å². The molecule has 2 heterocycles. The Balaban J connectivity index is 1.68. The maximum Gasteiger partial charge on any atom is 0.416 e. The van der Waals surface area contributed by atoms with Gasteiger partial charge in [-0.25, -0.2) is 0 Å². The minimum Gasteiger partial charge on any atom is -0.473 e. The summed E-state index contributed by atoms with van der Waals surface area (Å²) < 4.78 is 55.8. The predicted molar refractivity (Wildman–Crippen MR) is 120 cm³/mol. The molecule has 0 spiro atoms. The van der Waals surface area contributed by atoms with E-state index in [1.54, 1.807) is 6.07 Å². The zero-order valence-electron chi connectivity index (χ0n) is 17.2. The first-order valence-corrected chi connectivity index (χ1v) is 10.4. The van der Waals surface area contributed by atoms with E-state index in [1.807, 2.05) is 0 Å². The molecule has 0 saturated carbocycles. The summed E-state index contributed by atoms with van der Waals surface area (Å²) in [5.41, 5.74) is -1.67. The SMILES string of the molecule is CC(Oc1c(-c2ccco2)oc2ccc(Cl)cc2c1=O)C(=O)Nc1cc(C(F)(F)F)ccc1Cl. The van der Waals surface area contributed by atoms with Crippen LogP contribution in [0.2, 0.25) is 10.0 Å². The lowest BCUT2D eigenvalue weighted by molar-refractivity contribution is -0.137. The first-order valence-electron chi connectivity index (χ1n) is 9.69. The second kappa shape index (κ2) is 9.08. The van der Waals surface area contributed by atoms with Gasteiger partial charge in [0.1, 0.15) is 5.58 Å². The number of ether oxygens (including phenoxy) is 1. The number of carbonyl (C=O) groups excluding carboxylic acids is 1. The number of benzene rings is 2. The molecule has 11 heteroatoms. The average Bonchev–Trinajstić information content (AvgIpc) is 3.31. The zero-order chi connectivity index (χ0) is 24.6. The van der Waals surface area contributed by atoms with E-state index in [-0.39, 0.29) is 44.0 Å². The number of furan rings is 1. The predicted octanol–water partition coefficient (Wildman–Crippen LogP) is 6.78. The van der Waals surface area contributed by atoms with E-state index in [0.29, 0.717) is 6.07 Å². The molecule has 0 radical (unpaired) electrons. The zero-order valence-corrected chi connectivity index (χ0v) is 18.7. The maximum atomic E-state index is 13.2. The molecular formula is C23H14Cl2F3NO5. The van der Waals surface area contributed by atoms with E-state index >= 15 is 0 Å². The van der Waals surface area contributed by atoms with Crippen LogP contribution in [0.1, 0.15) is 12.5 Å². The fourth-order valence-electron chi connectivity index (χ4n) is 3.09. The highest BCUT2D eigenvalue weighted by atomic mass is 35.5. The summed E-state index contributed by atoms with van der Waals surface area (Å²) in [6.07, 6.45) is -4.61. The van der Waals surface area contributed by atoms with Crippen LogP contribution in [0.4, 0.5) is 18.9 Å². The van der Waals surface area contributed by atoms with Crippen LogP contribution in [0.15, 0.2) is 68.4 Å². The third-order valence-electron chi connectivity index (χ3n) is 4.77. The van der Waals surface area contributed by atoms with Crippen molar-refractivity contribution < 1.29 is 31.5 Å². The molecule has 0 aliphatic carbocycles. The fraction of sp³-hybridized carbons (Fsp3) is 0.130. The van der Waals surface area contributed by atoms with Crippen LogP contribution >= 0.6 is 23.2 Å². The van der Waals surface area contributed by atoms with Gasteiger partial charge in [-0.2, -0.15) is 13.2 Å². The molecule has 0 fully saturated rings. The Morgan fingerprint density at radius 2 is 1.88 bits per heavy atom. The standard InChI is InChI=1S/C23H14Cl2F3NO5/c1-11(22(31)29-16-9-12(23(26,27)28)4-6-15(16)25)33-21-19(30)14-10-13(24)5-7-17(14)34-20(21)18-3-2-8-32-18/h2-11H,1H3,(H,29,31). The number of rotatable bonds is 5.